The monoisotopic (exact) mass is 221 g/mol. The SMILES string of the molecule is CC(C(=O)NOC(C)(C)C)c1ccccc1. The molecule has 0 radical (unpaired) electrons. The Morgan fingerprint density at radius 1 is 1.25 bits per heavy atom. The van der Waals surface area contributed by atoms with E-state index in [1.54, 1.807) is 0 Å². The maximum atomic E-state index is 11.8. The second kappa shape index (κ2) is 5.12. The third kappa shape index (κ3) is 4.03. The lowest BCUT2D eigenvalue weighted by molar-refractivity contribution is -0.146. The summed E-state index contributed by atoms with van der Waals surface area (Å²) in [6, 6.07) is 9.63. The van der Waals surface area contributed by atoms with Crippen LogP contribution in [0.15, 0.2) is 30.3 Å². The molecule has 0 heterocycles. The van der Waals surface area contributed by atoms with Crippen LogP contribution in [0.3, 0.4) is 0 Å². The first-order valence-electron chi connectivity index (χ1n) is 5.43. The number of hydrogen-bond donors (Lipinski definition) is 1. The third-order valence-electron chi connectivity index (χ3n) is 2.15. The molecular formula is C13H19NO2. The molecule has 0 saturated carbocycles. The van der Waals surface area contributed by atoms with Gasteiger partial charge in [0.15, 0.2) is 0 Å². The van der Waals surface area contributed by atoms with Crippen LogP contribution < -0.4 is 5.48 Å². The van der Waals surface area contributed by atoms with Crippen LogP contribution in [0.2, 0.25) is 0 Å². The van der Waals surface area contributed by atoms with Gasteiger partial charge in [-0.2, -0.15) is 0 Å². The molecule has 1 aromatic carbocycles. The number of carbonyl (C=O) groups excluding carboxylic acids is 1. The van der Waals surface area contributed by atoms with Crippen molar-refractivity contribution >= 4 is 5.91 Å². The van der Waals surface area contributed by atoms with Crippen molar-refractivity contribution in [3.63, 3.8) is 0 Å². The molecule has 0 bridgehead atoms. The average molecular weight is 221 g/mol. The Labute approximate surface area is 96.8 Å². The summed E-state index contributed by atoms with van der Waals surface area (Å²) in [4.78, 5) is 17.0. The van der Waals surface area contributed by atoms with E-state index in [4.69, 9.17) is 4.84 Å². The van der Waals surface area contributed by atoms with Crippen molar-refractivity contribution in [1.29, 1.82) is 0 Å². The van der Waals surface area contributed by atoms with Gasteiger partial charge in [-0.15, -0.1) is 0 Å². The van der Waals surface area contributed by atoms with E-state index in [9.17, 15) is 4.79 Å². The van der Waals surface area contributed by atoms with Crippen LogP contribution in [0.25, 0.3) is 0 Å². The summed E-state index contributed by atoms with van der Waals surface area (Å²) in [7, 11) is 0. The molecule has 1 rings (SSSR count). The summed E-state index contributed by atoms with van der Waals surface area (Å²) in [5, 5.41) is 0. The second-order valence-corrected chi connectivity index (χ2v) is 4.81. The fourth-order valence-corrected chi connectivity index (χ4v) is 1.18. The van der Waals surface area contributed by atoms with Crippen LogP contribution in [-0.4, -0.2) is 11.5 Å². The van der Waals surface area contributed by atoms with Crippen LogP contribution in [0.4, 0.5) is 0 Å². The minimum Gasteiger partial charge on any atom is -0.272 e. The van der Waals surface area contributed by atoms with Crippen LogP contribution in [-0.2, 0) is 9.63 Å². The van der Waals surface area contributed by atoms with Crippen LogP contribution >= 0.6 is 0 Å². The van der Waals surface area contributed by atoms with Crippen molar-refractivity contribution in [2.75, 3.05) is 0 Å². The molecule has 0 fully saturated rings. The van der Waals surface area contributed by atoms with Crippen LogP contribution in [0.1, 0.15) is 39.2 Å². The van der Waals surface area contributed by atoms with E-state index in [0.717, 1.165) is 5.56 Å². The molecule has 0 saturated heterocycles. The van der Waals surface area contributed by atoms with Crippen LogP contribution in [0.5, 0.6) is 0 Å². The number of hydrogen-bond acceptors (Lipinski definition) is 2. The van der Waals surface area contributed by atoms with Crippen molar-refractivity contribution in [3.8, 4) is 0 Å². The number of amides is 1. The predicted octanol–water partition coefficient (Wildman–Crippen LogP) is 2.64. The van der Waals surface area contributed by atoms with Crippen molar-refractivity contribution in [3.05, 3.63) is 35.9 Å². The molecule has 88 valence electrons. The first kappa shape index (κ1) is 12.7. The zero-order chi connectivity index (χ0) is 12.2. The van der Waals surface area contributed by atoms with Gasteiger partial charge in [0.1, 0.15) is 0 Å². The fraction of sp³-hybridized carbons (Fsp3) is 0.462. The Balaban J connectivity index is 2.55. The molecule has 1 atom stereocenters. The van der Waals surface area contributed by atoms with E-state index in [1.807, 2.05) is 58.0 Å². The van der Waals surface area contributed by atoms with Gasteiger partial charge in [-0.1, -0.05) is 30.3 Å². The molecule has 0 aliphatic heterocycles. The first-order chi connectivity index (χ1) is 7.40. The highest BCUT2D eigenvalue weighted by Crippen LogP contribution is 2.15. The normalized spacial score (nSPS) is 13.2. The van der Waals surface area contributed by atoms with Crippen molar-refractivity contribution in [2.24, 2.45) is 0 Å². The van der Waals surface area contributed by atoms with Gasteiger partial charge in [-0.3, -0.25) is 9.63 Å². The Morgan fingerprint density at radius 2 is 1.81 bits per heavy atom. The zero-order valence-corrected chi connectivity index (χ0v) is 10.3. The summed E-state index contributed by atoms with van der Waals surface area (Å²) < 4.78 is 0. The number of rotatable bonds is 3. The molecule has 1 amide bonds. The minimum absolute atomic E-state index is 0.124. The molecule has 0 aliphatic rings. The molecule has 1 aromatic rings. The Morgan fingerprint density at radius 3 is 2.31 bits per heavy atom. The number of carbonyl (C=O) groups is 1. The quantitative estimate of drug-likeness (QED) is 0.797. The van der Waals surface area contributed by atoms with Crippen molar-refractivity contribution in [1.82, 2.24) is 5.48 Å². The van der Waals surface area contributed by atoms with Gasteiger partial charge in [0.2, 0.25) is 0 Å². The fourth-order valence-electron chi connectivity index (χ4n) is 1.18. The molecule has 0 aromatic heterocycles. The summed E-state index contributed by atoms with van der Waals surface area (Å²) in [5.41, 5.74) is 3.10. The Bertz CT molecular complexity index is 341. The molecule has 1 unspecified atom stereocenters. The van der Waals surface area contributed by atoms with Gasteiger partial charge in [-0.05, 0) is 33.3 Å². The molecular weight excluding hydrogens is 202 g/mol. The van der Waals surface area contributed by atoms with E-state index in [2.05, 4.69) is 5.48 Å². The molecule has 0 aliphatic carbocycles. The molecule has 16 heavy (non-hydrogen) atoms. The standard InChI is InChI=1S/C13H19NO2/c1-10(11-8-6-5-7-9-11)12(15)14-16-13(2,3)4/h5-10H,1-4H3,(H,14,15). The van der Waals surface area contributed by atoms with Gasteiger partial charge in [0, 0.05) is 0 Å². The molecule has 3 nitrogen and oxygen atoms in total. The first-order valence-corrected chi connectivity index (χ1v) is 5.43. The van der Waals surface area contributed by atoms with Gasteiger partial charge in [-0.25, -0.2) is 5.48 Å². The summed E-state index contributed by atoms with van der Waals surface area (Å²) >= 11 is 0. The minimum atomic E-state index is -0.369. The van der Waals surface area contributed by atoms with E-state index >= 15 is 0 Å². The topological polar surface area (TPSA) is 38.3 Å². The summed E-state index contributed by atoms with van der Waals surface area (Å²) in [5.74, 6) is -0.329. The number of benzene rings is 1. The maximum Gasteiger partial charge on any atom is 0.250 e. The highest BCUT2D eigenvalue weighted by atomic mass is 16.7. The van der Waals surface area contributed by atoms with Gasteiger partial charge < -0.3 is 0 Å². The average Bonchev–Trinajstić information content (AvgIpc) is 2.25. The van der Waals surface area contributed by atoms with Gasteiger partial charge >= 0.3 is 0 Å². The summed E-state index contributed by atoms with van der Waals surface area (Å²) in [6.07, 6.45) is 0. The number of hydroxylamine groups is 1. The van der Waals surface area contributed by atoms with Gasteiger partial charge in [0.05, 0.1) is 11.5 Å². The largest absolute Gasteiger partial charge is 0.272 e. The molecule has 3 heteroatoms. The second-order valence-electron chi connectivity index (χ2n) is 4.81. The predicted molar refractivity (Wildman–Crippen MR) is 63.8 cm³/mol. The highest BCUT2D eigenvalue weighted by molar-refractivity contribution is 5.82. The highest BCUT2D eigenvalue weighted by Gasteiger charge is 2.18. The molecule has 0 spiro atoms. The Hall–Kier alpha value is -1.35. The van der Waals surface area contributed by atoms with E-state index in [-0.39, 0.29) is 17.4 Å². The third-order valence-corrected chi connectivity index (χ3v) is 2.15. The maximum absolute atomic E-state index is 11.8. The Kier molecular flexibility index (Phi) is 4.07. The van der Waals surface area contributed by atoms with Gasteiger partial charge in [0.25, 0.3) is 5.91 Å². The van der Waals surface area contributed by atoms with E-state index in [0.29, 0.717) is 0 Å². The number of nitrogens with one attached hydrogen (secondary N) is 1. The molecule has 1 N–H and O–H groups in total. The lowest BCUT2D eigenvalue weighted by Crippen LogP contribution is -2.35. The lowest BCUT2D eigenvalue weighted by Gasteiger charge is -2.20. The lowest BCUT2D eigenvalue weighted by atomic mass is 10.0. The van der Waals surface area contributed by atoms with E-state index < -0.39 is 0 Å². The van der Waals surface area contributed by atoms with Crippen LogP contribution in [0, 0.1) is 0 Å². The van der Waals surface area contributed by atoms with Crippen molar-refractivity contribution in [2.45, 2.75) is 39.2 Å². The smallest absolute Gasteiger partial charge is 0.250 e. The zero-order valence-electron chi connectivity index (χ0n) is 10.3. The summed E-state index contributed by atoms with van der Waals surface area (Å²) in [6.45, 7) is 7.53. The van der Waals surface area contributed by atoms with E-state index in [1.165, 1.54) is 0 Å². The van der Waals surface area contributed by atoms with Crippen molar-refractivity contribution < 1.29 is 9.63 Å².